The molecule has 0 unspecified atom stereocenters. The van der Waals surface area contributed by atoms with Gasteiger partial charge in [-0.15, -0.1) is 0 Å². The van der Waals surface area contributed by atoms with Gasteiger partial charge >= 0.3 is 0 Å². The predicted molar refractivity (Wildman–Crippen MR) is 106 cm³/mol. The van der Waals surface area contributed by atoms with Crippen LogP contribution in [0.15, 0.2) is 54.9 Å². The van der Waals surface area contributed by atoms with Gasteiger partial charge in [0, 0.05) is 23.5 Å². The first-order valence-corrected chi connectivity index (χ1v) is 9.17. The van der Waals surface area contributed by atoms with Crippen LogP contribution in [0.1, 0.15) is 37.3 Å². The Balaban J connectivity index is 2.19. The van der Waals surface area contributed by atoms with Crippen molar-refractivity contribution >= 4 is 0 Å². The van der Waals surface area contributed by atoms with Crippen LogP contribution in [0.3, 0.4) is 0 Å². The van der Waals surface area contributed by atoms with Gasteiger partial charge in [-0.3, -0.25) is 4.98 Å². The van der Waals surface area contributed by atoms with Gasteiger partial charge in [-0.05, 0) is 43.0 Å². The van der Waals surface area contributed by atoms with E-state index in [4.69, 9.17) is 0 Å². The van der Waals surface area contributed by atoms with Crippen molar-refractivity contribution in [2.75, 3.05) is 0 Å². The van der Waals surface area contributed by atoms with Gasteiger partial charge in [-0.25, -0.2) is 0 Å². The smallest absolute Gasteiger partial charge is 0.135 e. The van der Waals surface area contributed by atoms with Crippen molar-refractivity contribution < 1.29 is 10.2 Å². The zero-order chi connectivity index (χ0) is 18.5. The molecule has 0 atom stereocenters. The molecule has 2 N–H and O–H groups in total. The van der Waals surface area contributed by atoms with E-state index in [1.54, 1.807) is 18.5 Å². The number of aromatic hydroxyl groups is 2. The highest BCUT2D eigenvalue weighted by Gasteiger charge is 2.20. The first-order chi connectivity index (χ1) is 12.6. The van der Waals surface area contributed by atoms with Gasteiger partial charge < -0.3 is 10.2 Å². The average Bonchev–Trinajstić information content (AvgIpc) is 2.62. The Kier molecular flexibility index (Phi) is 5.57. The van der Waals surface area contributed by atoms with Crippen LogP contribution in [0.4, 0.5) is 0 Å². The van der Waals surface area contributed by atoms with Gasteiger partial charge in [-0.2, -0.15) is 0 Å². The molecule has 3 aromatic rings. The summed E-state index contributed by atoms with van der Waals surface area (Å²) in [6.45, 7) is 4.16. The molecule has 26 heavy (non-hydrogen) atoms. The summed E-state index contributed by atoms with van der Waals surface area (Å²) in [6.07, 6.45) is 7.56. The van der Waals surface area contributed by atoms with Crippen molar-refractivity contribution in [2.24, 2.45) is 0 Å². The lowest BCUT2D eigenvalue weighted by Crippen LogP contribution is -1.95. The molecule has 3 rings (SSSR count). The molecular formula is C23H25NO2. The number of hydrogen-bond donors (Lipinski definition) is 2. The molecule has 0 bridgehead atoms. The normalized spacial score (nSPS) is 10.8. The molecule has 134 valence electrons. The lowest BCUT2D eigenvalue weighted by molar-refractivity contribution is 0.454. The van der Waals surface area contributed by atoms with E-state index in [0.29, 0.717) is 5.56 Å². The van der Waals surface area contributed by atoms with Gasteiger partial charge in [0.1, 0.15) is 11.5 Å². The van der Waals surface area contributed by atoms with Crippen LogP contribution in [0, 0.1) is 6.92 Å². The third-order valence-electron chi connectivity index (χ3n) is 4.67. The number of aromatic nitrogens is 1. The molecule has 0 saturated carbocycles. The topological polar surface area (TPSA) is 53.4 Å². The average molecular weight is 347 g/mol. The Morgan fingerprint density at radius 1 is 0.923 bits per heavy atom. The Bertz CT molecular complexity index is 888. The largest absolute Gasteiger partial charge is 0.507 e. The Hall–Kier alpha value is -2.81. The monoisotopic (exact) mass is 347 g/mol. The third kappa shape index (κ3) is 3.72. The SMILES string of the molecule is CCCCCc1cc(O)c(-c2cccc(C)c2)c(O)c1-c1cccnc1. The highest BCUT2D eigenvalue weighted by Crippen LogP contribution is 2.46. The summed E-state index contributed by atoms with van der Waals surface area (Å²) in [5.41, 5.74) is 4.96. The molecule has 0 aliphatic heterocycles. The van der Waals surface area contributed by atoms with E-state index in [1.165, 1.54) is 0 Å². The van der Waals surface area contributed by atoms with Crippen LogP contribution in [-0.4, -0.2) is 15.2 Å². The lowest BCUT2D eigenvalue weighted by atomic mass is 9.90. The molecule has 1 heterocycles. The van der Waals surface area contributed by atoms with Gasteiger partial charge in [0.25, 0.3) is 0 Å². The number of phenols is 2. The first-order valence-electron chi connectivity index (χ1n) is 9.17. The molecule has 3 nitrogen and oxygen atoms in total. The summed E-state index contributed by atoms with van der Waals surface area (Å²) in [4.78, 5) is 4.21. The molecule has 0 saturated heterocycles. The number of benzene rings is 2. The summed E-state index contributed by atoms with van der Waals surface area (Å²) in [7, 11) is 0. The Labute approximate surface area is 155 Å². The van der Waals surface area contributed by atoms with Crippen molar-refractivity contribution in [3.8, 4) is 33.8 Å². The summed E-state index contributed by atoms with van der Waals surface area (Å²) < 4.78 is 0. The molecule has 1 aromatic heterocycles. The second-order valence-corrected chi connectivity index (χ2v) is 6.72. The number of aryl methyl sites for hydroxylation is 2. The minimum absolute atomic E-state index is 0.118. The number of nitrogens with zero attached hydrogens (tertiary/aromatic N) is 1. The van der Waals surface area contributed by atoms with Crippen LogP contribution in [-0.2, 0) is 6.42 Å². The number of pyridine rings is 1. The molecule has 0 aliphatic carbocycles. The van der Waals surface area contributed by atoms with Crippen LogP contribution in [0.25, 0.3) is 22.3 Å². The van der Waals surface area contributed by atoms with E-state index in [1.807, 2.05) is 43.3 Å². The van der Waals surface area contributed by atoms with E-state index < -0.39 is 0 Å². The zero-order valence-corrected chi connectivity index (χ0v) is 15.4. The molecule has 0 radical (unpaired) electrons. The van der Waals surface area contributed by atoms with Crippen molar-refractivity contribution in [2.45, 2.75) is 39.5 Å². The molecule has 0 aliphatic rings. The molecule has 0 spiro atoms. The maximum absolute atomic E-state index is 11.1. The fourth-order valence-corrected chi connectivity index (χ4v) is 3.39. The standard InChI is InChI=1S/C23H25NO2/c1-3-4-5-9-18-14-20(25)22(17-10-6-8-16(2)13-17)23(26)21(18)19-11-7-12-24-15-19/h6-8,10-15,25-26H,3-5,9H2,1-2H3. The number of phenolic OH excluding ortho intramolecular Hbond substituents is 2. The molecule has 2 aromatic carbocycles. The van der Waals surface area contributed by atoms with Gasteiger partial charge in [0.05, 0.1) is 5.56 Å². The van der Waals surface area contributed by atoms with Crippen LogP contribution in [0.2, 0.25) is 0 Å². The molecular weight excluding hydrogens is 322 g/mol. The summed E-state index contributed by atoms with van der Waals surface area (Å²) in [6, 6.07) is 13.4. The van der Waals surface area contributed by atoms with Gasteiger partial charge in [0.15, 0.2) is 0 Å². The number of unbranched alkanes of at least 4 members (excludes halogenated alkanes) is 2. The minimum Gasteiger partial charge on any atom is -0.507 e. The van der Waals surface area contributed by atoms with Crippen molar-refractivity contribution in [3.63, 3.8) is 0 Å². The predicted octanol–water partition coefficient (Wildman–Crippen LogP) is 5.87. The molecule has 0 amide bonds. The van der Waals surface area contributed by atoms with Crippen molar-refractivity contribution in [1.29, 1.82) is 0 Å². The minimum atomic E-state index is 0.118. The van der Waals surface area contributed by atoms with E-state index in [9.17, 15) is 10.2 Å². The fourth-order valence-electron chi connectivity index (χ4n) is 3.39. The summed E-state index contributed by atoms with van der Waals surface area (Å²) in [5.74, 6) is 0.238. The van der Waals surface area contributed by atoms with Crippen LogP contribution >= 0.6 is 0 Å². The van der Waals surface area contributed by atoms with E-state index in [0.717, 1.165) is 53.5 Å². The zero-order valence-electron chi connectivity index (χ0n) is 15.4. The maximum atomic E-state index is 11.1. The van der Waals surface area contributed by atoms with E-state index in [-0.39, 0.29) is 11.5 Å². The highest BCUT2D eigenvalue weighted by molar-refractivity contribution is 5.87. The number of rotatable bonds is 6. The van der Waals surface area contributed by atoms with Gasteiger partial charge in [-0.1, -0.05) is 55.7 Å². The van der Waals surface area contributed by atoms with Crippen LogP contribution < -0.4 is 0 Å². The lowest BCUT2D eigenvalue weighted by Gasteiger charge is -2.17. The quantitative estimate of drug-likeness (QED) is 0.548. The second kappa shape index (κ2) is 8.05. The van der Waals surface area contributed by atoms with Gasteiger partial charge in [0.2, 0.25) is 0 Å². The second-order valence-electron chi connectivity index (χ2n) is 6.72. The number of hydrogen-bond acceptors (Lipinski definition) is 3. The Morgan fingerprint density at radius 3 is 2.42 bits per heavy atom. The van der Waals surface area contributed by atoms with Crippen molar-refractivity contribution in [3.05, 3.63) is 66.0 Å². The fraction of sp³-hybridized carbons (Fsp3) is 0.261. The van der Waals surface area contributed by atoms with Crippen molar-refractivity contribution in [1.82, 2.24) is 4.98 Å². The Morgan fingerprint density at radius 2 is 1.73 bits per heavy atom. The summed E-state index contributed by atoms with van der Waals surface area (Å²) in [5, 5.41) is 21.8. The highest BCUT2D eigenvalue weighted by atomic mass is 16.3. The first kappa shape index (κ1) is 18.0. The maximum Gasteiger partial charge on any atom is 0.135 e. The summed E-state index contributed by atoms with van der Waals surface area (Å²) >= 11 is 0. The van der Waals surface area contributed by atoms with E-state index >= 15 is 0 Å². The van der Waals surface area contributed by atoms with E-state index in [2.05, 4.69) is 11.9 Å². The molecule has 0 fully saturated rings. The third-order valence-corrected chi connectivity index (χ3v) is 4.67. The van der Waals surface area contributed by atoms with Crippen LogP contribution in [0.5, 0.6) is 11.5 Å². The molecule has 3 heteroatoms.